The summed E-state index contributed by atoms with van der Waals surface area (Å²) < 4.78 is 0. The number of halogens is 1. The zero-order valence-electron chi connectivity index (χ0n) is 12.8. The highest BCUT2D eigenvalue weighted by atomic mass is 35.5. The van der Waals surface area contributed by atoms with Crippen molar-refractivity contribution in [3.05, 3.63) is 34.9 Å². The minimum Gasteiger partial charge on any atom is -0.343 e. The molecule has 0 bridgehead atoms. The summed E-state index contributed by atoms with van der Waals surface area (Å²) >= 11 is 6.19. The van der Waals surface area contributed by atoms with Crippen molar-refractivity contribution in [2.75, 3.05) is 0 Å². The minimum atomic E-state index is -0.502. The number of carbonyl (C=O) groups is 2. The topological polar surface area (TPSA) is 49.4 Å². The molecule has 1 saturated heterocycles. The molecule has 0 saturated carbocycles. The van der Waals surface area contributed by atoms with Crippen LogP contribution in [-0.2, 0) is 16.1 Å². The van der Waals surface area contributed by atoms with Gasteiger partial charge in [-0.05, 0) is 24.0 Å². The molecule has 1 fully saturated rings. The van der Waals surface area contributed by atoms with Gasteiger partial charge in [-0.1, -0.05) is 50.6 Å². The summed E-state index contributed by atoms with van der Waals surface area (Å²) in [6.07, 6.45) is 0. The molecule has 2 atom stereocenters. The van der Waals surface area contributed by atoms with Gasteiger partial charge >= 0.3 is 0 Å². The molecule has 2 amide bonds. The van der Waals surface area contributed by atoms with Crippen molar-refractivity contribution in [1.82, 2.24) is 10.2 Å². The molecule has 1 heterocycles. The third kappa shape index (κ3) is 3.21. The summed E-state index contributed by atoms with van der Waals surface area (Å²) in [6.45, 7) is 7.93. The second-order valence-electron chi connectivity index (χ2n) is 6.56. The highest BCUT2D eigenvalue weighted by Crippen LogP contribution is 2.30. The van der Waals surface area contributed by atoms with Gasteiger partial charge in [-0.3, -0.25) is 9.59 Å². The Morgan fingerprint density at radius 1 is 1.24 bits per heavy atom. The summed E-state index contributed by atoms with van der Waals surface area (Å²) in [5.41, 5.74) is 0.505. The fraction of sp³-hybridized carbons (Fsp3) is 0.500. The third-order valence-corrected chi connectivity index (χ3v) is 4.06. The van der Waals surface area contributed by atoms with Crippen LogP contribution in [0.15, 0.2) is 24.3 Å². The monoisotopic (exact) mass is 308 g/mol. The van der Waals surface area contributed by atoms with Crippen molar-refractivity contribution < 1.29 is 9.59 Å². The quantitative estimate of drug-likeness (QED) is 0.913. The Bertz CT molecular complexity index is 566. The summed E-state index contributed by atoms with van der Waals surface area (Å²) in [6, 6.07) is 6.40. The molecule has 2 rings (SSSR count). The zero-order valence-corrected chi connectivity index (χ0v) is 13.6. The standard InChI is InChI=1S/C16H21ClN2O2/c1-10-15(21)19(9-11-7-5-6-8-12(11)17)13(14(20)18-10)16(2,3)4/h5-8,10,13H,9H2,1-4H3,(H,18,20). The smallest absolute Gasteiger partial charge is 0.245 e. The lowest BCUT2D eigenvalue weighted by Crippen LogP contribution is -2.65. The molecular weight excluding hydrogens is 288 g/mol. The van der Waals surface area contributed by atoms with Crippen molar-refractivity contribution in [2.24, 2.45) is 5.41 Å². The molecule has 5 heteroatoms. The van der Waals surface area contributed by atoms with E-state index in [0.717, 1.165) is 5.56 Å². The highest BCUT2D eigenvalue weighted by Gasteiger charge is 2.44. The molecule has 21 heavy (non-hydrogen) atoms. The van der Waals surface area contributed by atoms with Crippen LogP contribution in [-0.4, -0.2) is 28.8 Å². The SMILES string of the molecule is CC1NC(=O)C(C(C)(C)C)N(Cc2ccccc2Cl)C1=O. The van der Waals surface area contributed by atoms with E-state index in [4.69, 9.17) is 11.6 Å². The molecule has 0 aromatic heterocycles. The number of nitrogens with one attached hydrogen (secondary N) is 1. The van der Waals surface area contributed by atoms with E-state index in [2.05, 4.69) is 5.32 Å². The molecule has 1 aliphatic rings. The van der Waals surface area contributed by atoms with E-state index in [-0.39, 0.29) is 17.2 Å². The normalized spacial score (nSPS) is 23.2. The molecule has 1 aromatic rings. The van der Waals surface area contributed by atoms with Crippen molar-refractivity contribution in [2.45, 2.75) is 46.3 Å². The van der Waals surface area contributed by atoms with Crippen LogP contribution in [0.5, 0.6) is 0 Å². The Morgan fingerprint density at radius 2 is 1.86 bits per heavy atom. The molecule has 1 N–H and O–H groups in total. The summed E-state index contributed by atoms with van der Waals surface area (Å²) in [5, 5.41) is 3.36. The maximum Gasteiger partial charge on any atom is 0.245 e. The fourth-order valence-corrected chi connectivity index (χ4v) is 2.91. The van der Waals surface area contributed by atoms with Gasteiger partial charge in [0.05, 0.1) is 0 Å². The molecule has 1 aromatic carbocycles. The number of piperazine rings is 1. The molecule has 4 nitrogen and oxygen atoms in total. The van der Waals surface area contributed by atoms with Crippen molar-refractivity contribution in [1.29, 1.82) is 0 Å². The van der Waals surface area contributed by atoms with Gasteiger partial charge in [0.2, 0.25) is 11.8 Å². The lowest BCUT2D eigenvalue weighted by atomic mass is 9.83. The van der Waals surface area contributed by atoms with Gasteiger partial charge in [-0.15, -0.1) is 0 Å². The first-order valence-corrected chi connectivity index (χ1v) is 7.44. The van der Waals surface area contributed by atoms with Crippen LogP contribution in [0.3, 0.4) is 0 Å². The molecule has 0 spiro atoms. The minimum absolute atomic E-state index is 0.0746. The number of amides is 2. The van der Waals surface area contributed by atoms with Crippen LogP contribution in [0.1, 0.15) is 33.3 Å². The van der Waals surface area contributed by atoms with E-state index in [1.807, 2.05) is 39.0 Å². The van der Waals surface area contributed by atoms with Gasteiger partial charge in [0, 0.05) is 11.6 Å². The highest BCUT2D eigenvalue weighted by molar-refractivity contribution is 6.31. The van der Waals surface area contributed by atoms with Crippen LogP contribution in [0.2, 0.25) is 5.02 Å². The number of hydrogen-bond acceptors (Lipinski definition) is 2. The second-order valence-corrected chi connectivity index (χ2v) is 6.96. The number of hydrogen-bond donors (Lipinski definition) is 1. The molecule has 2 unspecified atom stereocenters. The molecule has 0 radical (unpaired) electrons. The third-order valence-electron chi connectivity index (χ3n) is 3.69. The van der Waals surface area contributed by atoms with Crippen LogP contribution < -0.4 is 5.32 Å². The van der Waals surface area contributed by atoms with Crippen LogP contribution >= 0.6 is 11.6 Å². The Kier molecular flexibility index (Phi) is 4.28. The first kappa shape index (κ1) is 15.8. The van der Waals surface area contributed by atoms with Gasteiger partial charge in [0.1, 0.15) is 12.1 Å². The maximum atomic E-state index is 12.5. The van der Waals surface area contributed by atoms with E-state index in [1.54, 1.807) is 17.9 Å². The Labute approximate surface area is 130 Å². The van der Waals surface area contributed by atoms with Crippen molar-refractivity contribution >= 4 is 23.4 Å². The Balaban J connectivity index is 2.37. The van der Waals surface area contributed by atoms with E-state index < -0.39 is 12.1 Å². The second kappa shape index (κ2) is 5.68. The maximum absolute atomic E-state index is 12.5. The average molecular weight is 309 g/mol. The molecular formula is C16H21ClN2O2. The predicted molar refractivity (Wildman–Crippen MR) is 82.8 cm³/mol. The summed E-state index contributed by atoms with van der Waals surface area (Å²) in [5.74, 6) is -0.184. The largest absolute Gasteiger partial charge is 0.343 e. The van der Waals surface area contributed by atoms with Gasteiger partial charge in [-0.2, -0.15) is 0 Å². The van der Waals surface area contributed by atoms with E-state index in [0.29, 0.717) is 11.6 Å². The first-order valence-electron chi connectivity index (χ1n) is 7.06. The number of nitrogens with zero attached hydrogens (tertiary/aromatic N) is 1. The first-order chi connectivity index (χ1) is 9.71. The Hall–Kier alpha value is -1.55. The zero-order chi connectivity index (χ0) is 15.8. The van der Waals surface area contributed by atoms with Crippen LogP contribution in [0.4, 0.5) is 0 Å². The Morgan fingerprint density at radius 3 is 2.43 bits per heavy atom. The van der Waals surface area contributed by atoms with E-state index in [1.165, 1.54) is 0 Å². The van der Waals surface area contributed by atoms with Gasteiger partial charge in [0.15, 0.2) is 0 Å². The predicted octanol–water partition coefficient (Wildman–Crippen LogP) is 2.60. The van der Waals surface area contributed by atoms with Gasteiger partial charge in [0.25, 0.3) is 0 Å². The fourth-order valence-electron chi connectivity index (χ4n) is 2.71. The molecule has 114 valence electrons. The van der Waals surface area contributed by atoms with Crippen LogP contribution in [0.25, 0.3) is 0 Å². The number of benzene rings is 1. The lowest BCUT2D eigenvalue weighted by Gasteiger charge is -2.44. The van der Waals surface area contributed by atoms with Crippen molar-refractivity contribution in [3.63, 3.8) is 0 Å². The molecule has 0 aliphatic carbocycles. The number of carbonyl (C=O) groups excluding carboxylic acids is 2. The van der Waals surface area contributed by atoms with Crippen molar-refractivity contribution in [3.8, 4) is 0 Å². The number of rotatable bonds is 2. The van der Waals surface area contributed by atoms with Gasteiger partial charge < -0.3 is 10.2 Å². The molecule has 1 aliphatic heterocycles. The summed E-state index contributed by atoms with van der Waals surface area (Å²) in [7, 11) is 0. The van der Waals surface area contributed by atoms with E-state index >= 15 is 0 Å². The summed E-state index contributed by atoms with van der Waals surface area (Å²) in [4.78, 5) is 26.5. The average Bonchev–Trinajstić information content (AvgIpc) is 2.36. The van der Waals surface area contributed by atoms with Gasteiger partial charge in [-0.25, -0.2) is 0 Å². The lowest BCUT2D eigenvalue weighted by molar-refractivity contribution is -0.154. The van der Waals surface area contributed by atoms with Crippen LogP contribution in [0, 0.1) is 5.41 Å². The van der Waals surface area contributed by atoms with E-state index in [9.17, 15) is 9.59 Å².